The Morgan fingerprint density at radius 2 is 1.71 bits per heavy atom. The predicted octanol–water partition coefficient (Wildman–Crippen LogP) is 4.93. The number of hydrogen-bond acceptors (Lipinski definition) is 2. The Bertz CT molecular complexity index is 785. The average Bonchev–Trinajstić information content (AvgIpc) is 3.02. The highest BCUT2D eigenvalue weighted by atomic mass is 35.5. The molecular formula is C17H15ClF3N3. The number of hydrogen-bond donors (Lipinski definition) is 1. The number of benzene rings is 2. The van der Waals surface area contributed by atoms with Gasteiger partial charge in [0.15, 0.2) is 0 Å². The number of aromatic nitrogens is 2. The first kappa shape index (κ1) is 17.9. The van der Waals surface area contributed by atoms with E-state index in [9.17, 15) is 13.2 Å². The van der Waals surface area contributed by atoms with E-state index < -0.39 is 11.7 Å². The number of anilines is 1. The molecule has 0 amide bonds. The van der Waals surface area contributed by atoms with Crippen LogP contribution < -0.4 is 5.32 Å². The topological polar surface area (TPSA) is 29.9 Å². The normalized spacial score (nSPS) is 11.0. The summed E-state index contributed by atoms with van der Waals surface area (Å²) >= 11 is 0. The Hall–Kier alpha value is -2.47. The molecule has 1 aromatic heterocycles. The van der Waals surface area contributed by atoms with E-state index in [1.54, 1.807) is 18.3 Å². The van der Waals surface area contributed by atoms with E-state index in [0.717, 1.165) is 17.7 Å². The van der Waals surface area contributed by atoms with Crippen LogP contribution in [-0.4, -0.2) is 9.78 Å². The minimum atomic E-state index is -4.36. The Kier molecular flexibility index (Phi) is 5.51. The number of halogens is 4. The monoisotopic (exact) mass is 353 g/mol. The summed E-state index contributed by atoms with van der Waals surface area (Å²) < 4.78 is 39.7. The van der Waals surface area contributed by atoms with Crippen LogP contribution in [-0.2, 0) is 12.7 Å². The van der Waals surface area contributed by atoms with Crippen LogP contribution in [0.5, 0.6) is 0 Å². The number of nitrogens with zero attached hydrogens (tertiary/aromatic N) is 2. The molecule has 0 bridgehead atoms. The summed E-state index contributed by atoms with van der Waals surface area (Å²) in [7, 11) is 0. The lowest BCUT2D eigenvalue weighted by Gasteiger charge is -2.08. The van der Waals surface area contributed by atoms with E-state index in [-0.39, 0.29) is 12.4 Å². The third-order valence-electron chi connectivity index (χ3n) is 3.34. The molecule has 0 aliphatic carbocycles. The van der Waals surface area contributed by atoms with Gasteiger partial charge in [-0.2, -0.15) is 18.3 Å². The molecule has 0 fully saturated rings. The summed E-state index contributed by atoms with van der Waals surface area (Å²) in [6, 6.07) is 16.6. The zero-order valence-electron chi connectivity index (χ0n) is 12.5. The molecule has 2 aromatic carbocycles. The van der Waals surface area contributed by atoms with Gasteiger partial charge in [0.25, 0.3) is 0 Å². The number of nitrogens with one attached hydrogen (secondary N) is 1. The van der Waals surface area contributed by atoms with Gasteiger partial charge in [-0.25, -0.2) is 4.68 Å². The van der Waals surface area contributed by atoms with Crippen molar-refractivity contribution in [3.05, 3.63) is 78.0 Å². The first-order valence-corrected chi connectivity index (χ1v) is 7.03. The van der Waals surface area contributed by atoms with Crippen molar-refractivity contribution in [2.45, 2.75) is 12.7 Å². The van der Waals surface area contributed by atoms with Gasteiger partial charge in [-0.3, -0.25) is 0 Å². The van der Waals surface area contributed by atoms with Gasteiger partial charge in [-0.05, 0) is 23.8 Å². The molecule has 0 radical (unpaired) electrons. The van der Waals surface area contributed by atoms with Gasteiger partial charge < -0.3 is 5.32 Å². The van der Waals surface area contributed by atoms with E-state index >= 15 is 0 Å². The van der Waals surface area contributed by atoms with Crippen molar-refractivity contribution in [1.29, 1.82) is 0 Å². The SMILES string of the molecule is Cl.FC(F)(F)c1cccc(-n2ccc(NCc3ccccc3)n2)c1. The third-order valence-corrected chi connectivity index (χ3v) is 3.34. The van der Waals surface area contributed by atoms with E-state index in [1.165, 1.54) is 10.7 Å². The van der Waals surface area contributed by atoms with Crippen molar-refractivity contribution in [3.8, 4) is 5.69 Å². The Balaban J connectivity index is 0.00000208. The summed E-state index contributed by atoms with van der Waals surface area (Å²) in [6.07, 6.45) is -2.74. The van der Waals surface area contributed by atoms with Crippen molar-refractivity contribution < 1.29 is 13.2 Å². The molecule has 126 valence electrons. The van der Waals surface area contributed by atoms with Crippen molar-refractivity contribution in [2.75, 3.05) is 5.32 Å². The Morgan fingerprint density at radius 3 is 2.42 bits per heavy atom. The average molecular weight is 354 g/mol. The molecule has 0 atom stereocenters. The van der Waals surface area contributed by atoms with Crippen LogP contribution in [0.3, 0.4) is 0 Å². The molecular weight excluding hydrogens is 339 g/mol. The van der Waals surface area contributed by atoms with Gasteiger partial charge in [0.1, 0.15) is 5.82 Å². The molecule has 3 nitrogen and oxygen atoms in total. The fraction of sp³-hybridized carbons (Fsp3) is 0.118. The first-order valence-electron chi connectivity index (χ1n) is 7.03. The molecule has 1 N–H and O–H groups in total. The van der Waals surface area contributed by atoms with Crippen molar-refractivity contribution in [2.24, 2.45) is 0 Å². The maximum atomic E-state index is 12.8. The van der Waals surface area contributed by atoms with Crippen molar-refractivity contribution >= 4 is 18.2 Å². The van der Waals surface area contributed by atoms with Crippen LogP contribution in [0, 0.1) is 0 Å². The first-order chi connectivity index (χ1) is 11.0. The molecule has 0 aliphatic heterocycles. The third kappa shape index (κ3) is 4.29. The summed E-state index contributed by atoms with van der Waals surface area (Å²) in [5.74, 6) is 0.603. The molecule has 24 heavy (non-hydrogen) atoms. The summed E-state index contributed by atoms with van der Waals surface area (Å²) in [6.45, 7) is 0.598. The minimum absolute atomic E-state index is 0. The van der Waals surface area contributed by atoms with Crippen LogP contribution in [0.25, 0.3) is 5.69 Å². The zero-order chi connectivity index (χ0) is 16.3. The lowest BCUT2D eigenvalue weighted by Crippen LogP contribution is -2.06. The second kappa shape index (κ2) is 7.40. The Labute approximate surface area is 143 Å². The molecule has 0 spiro atoms. The second-order valence-electron chi connectivity index (χ2n) is 5.03. The lowest BCUT2D eigenvalue weighted by molar-refractivity contribution is -0.137. The molecule has 7 heteroatoms. The van der Waals surface area contributed by atoms with E-state index in [1.807, 2.05) is 30.3 Å². The van der Waals surface area contributed by atoms with Crippen LogP contribution in [0.1, 0.15) is 11.1 Å². The fourth-order valence-electron chi connectivity index (χ4n) is 2.18. The quantitative estimate of drug-likeness (QED) is 0.721. The summed E-state index contributed by atoms with van der Waals surface area (Å²) in [5.41, 5.74) is 0.776. The molecule has 0 saturated carbocycles. The summed E-state index contributed by atoms with van der Waals surface area (Å²) in [5, 5.41) is 7.40. The predicted molar refractivity (Wildman–Crippen MR) is 89.6 cm³/mol. The van der Waals surface area contributed by atoms with E-state index in [4.69, 9.17) is 0 Å². The van der Waals surface area contributed by atoms with Gasteiger partial charge in [0.2, 0.25) is 0 Å². The molecule has 1 heterocycles. The van der Waals surface area contributed by atoms with Gasteiger partial charge in [-0.1, -0.05) is 36.4 Å². The lowest BCUT2D eigenvalue weighted by atomic mass is 10.2. The highest BCUT2D eigenvalue weighted by Gasteiger charge is 2.30. The Morgan fingerprint density at radius 1 is 0.958 bits per heavy atom. The van der Waals surface area contributed by atoms with Crippen LogP contribution in [0.4, 0.5) is 19.0 Å². The second-order valence-corrected chi connectivity index (χ2v) is 5.03. The molecule has 3 rings (SSSR count). The van der Waals surface area contributed by atoms with Crippen LogP contribution in [0.15, 0.2) is 66.9 Å². The van der Waals surface area contributed by atoms with Crippen molar-refractivity contribution in [1.82, 2.24) is 9.78 Å². The van der Waals surface area contributed by atoms with Gasteiger partial charge >= 0.3 is 6.18 Å². The molecule has 0 saturated heterocycles. The minimum Gasteiger partial charge on any atom is -0.365 e. The zero-order valence-corrected chi connectivity index (χ0v) is 13.3. The van der Waals surface area contributed by atoms with E-state index in [0.29, 0.717) is 18.1 Å². The van der Waals surface area contributed by atoms with Crippen LogP contribution in [0.2, 0.25) is 0 Å². The maximum Gasteiger partial charge on any atom is 0.416 e. The molecule has 3 aromatic rings. The van der Waals surface area contributed by atoms with Gasteiger partial charge in [-0.15, -0.1) is 12.4 Å². The fourth-order valence-corrected chi connectivity index (χ4v) is 2.18. The molecule has 0 aliphatic rings. The summed E-state index contributed by atoms with van der Waals surface area (Å²) in [4.78, 5) is 0. The van der Waals surface area contributed by atoms with Crippen LogP contribution >= 0.6 is 12.4 Å². The highest BCUT2D eigenvalue weighted by molar-refractivity contribution is 5.85. The van der Waals surface area contributed by atoms with E-state index in [2.05, 4.69) is 10.4 Å². The highest BCUT2D eigenvalue weighted by Crippen LogP contribution is 2.30. The smallest absolute Gasteiger partial charge is 0.365 e. The molecule has 0 unspecified atom stereocenters. The van der Waals surface area contributed by atoms with Gasteiger partial charge in [0.05, 0.1) is 11.3 Å². The maximum absolute atomic E-state index is 12.8. The number of alkyl halides is 3. The largest absolute Gasteiger partial charge is 0.416 e. The van der Waals surface area contributed by atoms with Gasteiger partial charge in [0, 0.05) is 18.8 Å². The standard InChI is InChI=1S/C17H14F3N3.ClH/c18-17(19,20)14-7-4-8-15(11-14)23-10-9-16(22-23)21-12-13-5-2-1-3-6-13;/h1-11H,12H2,(H,21,22);1H. The number of rotatable bonds is 4. The van der Waals surface area contributed by atoms with Crippen molar-refractivity contribution in [3.63, 3.8) is 0 Å².